The number of hydrogen-bond donors (Lipinski definition) is 3. The highest BCUT2D eigenvalue weighted by Crippen LogP contribution is 2.19. The maximum absolute atomic E-state index is 9.10. The number of aromatic nitrogens is 2. The van der Waals surface area contributed by atoms with Crippen LogP contribution in [0.25, 0.3) is 11.3 Å². The molecule has 0 spiro atoms. The van der Waals surface area contributed by atoms with Gasteiger partial charge in [0.1, 0.15) is 0 Å². The zero-order valence-corrected chi connectivity index (χ0v) is 10.8. The minimum Gasteiger partial charge on any atom is -0.473 e. The number of carboxylic acids is 2. The van der Waals surface area contributed by atoms with E-state index in [-0.39, 0.29) is 0 Å². The third-order valence-electron chi connectivity index (χ3n) is 2.01. The molecule has 0 saturated heterocycles. The molecule has 1 aromatic heterocycles. The number of aliphatic carboxylic acids is 2. The van der Waals surface area contributed by atoms with Crippen molar-refractivity contribution in [2.45, 2.75) is 5.16 Å². The van der Waals surface area contributed by atoms with Gasteiger partial charge in [-0.25, -0.2) is 14.6 Å². The molecule has 100 valence electrons. The number of H-pyrrole nitrogens is 1. The lowest BCUT2D eigenvalue weighted by Crippen LogP contribution is -2.09. The lowest BCUT2D eigenvalue weighted by atomic mass is 10.2. The van der Waals surface area contributed by atoms with E-state index >= 15 is 0 Å². The van der Waals surface area contributed by atoms with Crippen LogP contribution in [-0.2, 0) is 9.59 Å². The molecule has 7 heteroatoms. The number of rotatable bonds is 2. The summed E-state index contributed by atoms with van der Waals surface area (Å²) in [6.07, 6.45) is 3.87. The van der Waals surface area contributed by atoms with Crippen LogP contribution in [-0.4, -0.2) is 38.4 Å². The Morgan fingerprint density at radius 3 is 2.16 bits per heavy atom. The maximum atomic E-state index is 9.10. The van der Waals surface area contributed by atoms with Crippen molar-refractivity contribution in [3.63, 3.8) is 0 Å². The molecule has 3 N–H and O–H groups in total. The van der Waals surface area contributed by atoms with Crippen molar-refractivity contribution in [2.75, 3.05) is 6.26 Å². The van der Waals surface area contributed by atoms with Crippen LogP contribution in [0.4, 0.5) is 0 Å². The predicted octanol–water partition coefficient (Wildman–Crippen LogP) is 1.95. The van der Waals surface area contributed by atoms with Gasteiger partial charge in [0.25, 0.3) is 0 Å². The number of nitrogens with one attached hydrogen (secondary N) is 1. The van der Waals surface area contributed by atoms with Gasteiger partial charge in [-0.2, -0.15) is 0 Å². The summed E-state index contributed by atoms with van der Waals surface area (Å²) in [5.74, 6) is -3.65. The maximum Gasteiger partial charge on any atom is 0.414 e. The lowest BCUT2D eigenvalue weighted by Gasteiger charge is -1.94. The van der Waals surface area contributed by atoms with E-state index in [1.165, 1.54) is 5.56 Å². The fraction of sp³-hybridized carbons (Fsp3) is 0.0833. The van der Waals surface area contributed by atoms with Gasteiger partial charge in [0.2, 0.25) is 0 Å². The van der Waals surface area contributed by atoms with Gasteiger partial charge in [0.15, 0.2) is 5.16 Å². The van der Waals surface area contributed by atoms with Crippen molar-refractivity contribution in [2.24, 2.45) is 0 Å². The third kappa shape index (κ3) is 4.84. The van der Waals surface area contributed by atoms with Gasteiger partial charge in [-0.05, 0) is 11.8 Å². The van der Waals surface area contributed by atoms with E-state index in [2.05, 4.69) is 22.1 Å². The second kappa shape index (κ2) is 7.22. The largest absolute Gasteiger partial charge is 0.473 e. The molecule has 0 saturated carbocycles. The molecule has 2 rings (SSSR count). The number of benzene rings is 1. The number of hydrogen-bond acceptors (Lipinski definition) is 4. The molecule has 0 aliphatic heterocycles. The number of carbonyl (C=O) groups is 2. The van der Waals surface area contributed by atoms with Crippen LogP contribution in [0.2, 0.25) is 0 Å². The zero-order valence-electron chi connectivity index (χ0n) is 10.0. The average Bonchev–Trinajstić information content (AvgIpc) is 2.89. The first-order chi connectivity index (χ1) is 9.04. The fourth-order valence-corrected chi connectivity index (χ4v) is 1.54. The normalized spacial score (nSPS) is 9.32. The van der Waals surface area contributed by atoms with E-state index in [9.17, 15) is 0 Å². The Morgan fingerprint density at radius 1 is 1.16 bits per heavy atom. The van der Waals surface area contributed by atoms with Gasteiger partial charge in [-0.1, -0.05) is 42.1 Å². The molecule has 0 amide bonds. The molecule has 2 aromatic rings. The van der Waals surface area contributed by atoms with Gasteiger partial charge in [-0.3, -0.25) is 0 Å². The van der Waals surface area contributed by atoms with Crippen LogP contribution >= 0.6 is 11.8 Å². The van der Waals surface area contributed by atoms with Crippen molar-refractivity contribution in [1.82, 2.24) is 9.97 Å². The van der Waals surface area contributed by atoms with E-state index < -0.39 is 11.9 Å². The van der Waals surface area contributed by atoms with E-state index in [0.29, 0.717) is 0 Å². The highest BCUT2D eigenvalue weighted by Gasteiger charge is 2.04. The van der Waals surface area contributed by atoms with Crippen LogP contribution in [0.1, 0.15) is 0 Å². The van der Waals surface area contributed by atoms with Crippen molar-refractivity contribution in [3.05, 3.63) is 36.5 Å². The van der Waals surface area contributed by atoms with E-state index in [1.54, 1.807) is 11.8 Å². The number of imidazole rings is 1. The van der Waals surface area contributed by atoms with Crippen LogP contribution in [0.3, 0.4) is 0 Å². The minimum atomic E-state index is -1.82. The summed E-state index contributed by atoms with van der Waals surface area (Å²) in [6.45, 7) is 0. The topological polar surface area (TPSA) is 103 Å². The summed E-state index contributed by atoms with van der Waals surface area (Å²) < 4.78 is 0. The molecule has 0 aliphatic rings. The third-order valence-corrected chi connectivity index (χ3v) is 2.61. The number of aromatic amines is 1. The summed E-state index contributed by atoms with van der Waals surface area (Å²) in [7, 11) is 0. The summed E-state index contributed by atoms with van der Waals surface area (Å²) in [6, 6.07) is 10.2. The van der Waals surface area contributed by atoms with Crippen molar-refractivity contribution >= 4 is 23.7 Å². The standard InChI is InChI=1S/C10H10N2S.C2H2O4/c1-13-10-11-7-9(12-10)8-5-3-2-4-6-8;3-1(4)2(5)6/h2-7H,1H3,(H,11,12);(H,3,4)(H,5,6). The zero-order chi connectivity index (χ0) is 14.3. The fourth-order valence-electron chi connectivity index (χ4n) is 1.17. The number of carboxylic acid groups (broad SMARTS) is 2. The molecule has 6 nitrogen and oxygen atoms in total. The molecular formula is C12H12N2O4S. The Kier molecular flexibility index (Phi) is 5.62. The monoisotopic (exact) mass is 280 g/mol. The molecule has 0 bridgehead atoms. The first-order valence-corrected chi connectivity index (χ1v) is 6.37. The van der Waals surface area contributed by atoms with Crippen LogP contribution in [0.15, 0.2) is 41.7 Å². The molecule has 1 heterocycles. The Hall–Kier alpha value is -2.28. The van der Waals surface area contributed by atoms with Gasteiger partial charge in [0.05, 0.1) is 11.9 Å². The molecule has 0 radical (unpaired) electrons. The SMILES string of the molecule is CSc1ncc(-c2ccccc2)[nH]1.O=C(O)C(=O)O. The molecule has 0 fully saturated rings. The van der Waals surface area contributed by atoms with Crippen molar-refractivity contribution < 1.29 is 19.8 Å². The van der Waals surface area contributed by atoms with Crippen molar-refractivity contribution in [3.8, 4) is 11.3 Å². The second-order valence-corrected chi connectivity index (χ2v) is 4.08. The van der Waals surface area contributed by atoms with Gasteiger partial charge < -0.3 is 15.2 Å². The Labute approximate surface area is 113 Å². The number of thioether (sulfide) groups is 1. The summed E-state index contributed by atoms with van der Waals surface area (Å²) in [5, 5.41) is 15.7. The Bertz CT molecular complexity index is 542. The molecule has 0 unspecified atom stereocenters. The first-order valence-electron chi connectivity index (χ1n) is 5.15. The van der Waals surface area contributed by atoms with E-state index in [1.807, 2.05) is 30.7 Å². The molecule has 1 aromatic carbocycles. The van der Waals surface area contributed by atoms with Gasteiger partial charge in [0, 0.05) is 0 Å². The van der Waals surface area contributed by atoms with Crippen molar-refractivity contribution in [1.29, 1.82) is 0 Å². The molecular weight excluding hydrogens is 268 g/mol. The molecule has 19 heavy (non-hydrogen) atoms. The van der Waals surface area contributed by atoms with E-state index in [4.69, 9.17) is 19.8 Å². The van der Waals surface area contributed by atoms with Crippen LogP contribution < -0.4 is 0 Å². The smallest absolute Gasteiger partial charge is 0.414 e. The van der Waals surface area contributed by atoms with Crippen LogP contribution in [0.5, 0.6) is 0 Å². The van der Waals surface area contributed by atoms with Gasteiger partial charge >= 0.3 is 11.9 Å². The highest BCUT2D eigenvalue weighted by molar-refractivity contribution is 7.98. The minimum absolute atomic E-state index is 0.957. The Balaban J connectivity index is 0.000000258. The summed E-state index contributed by atoms with van der Waals surface area (Å²) >= 11 is 1.62. The Morgan fingerprint density at radius 2 is 1.74 bits per heavy atom. The average molecular weight is 280 g/mol. The highest BCUT2D eigenvalue weighted by atomic mass is 32.2. The van der Waals surface area contributed by atoms with E-state index in [0.717, 1.165) is 10.9 Å². The summed E-state index contributed by atoms with van der Waals surface area (Å²) in [5.41, 5.74) is 2.25. The quantitative estimate of drug-likeness (QED) is 0.574. The second-order valence-electron chi connectivity index (χ2n) is 3.28. The predicted molar refractivity (Wildman–Crippen MR) is 71.1 cm³/mol. The van der Waals surface area contributed by atoms with Gasteiger partial charge in [-0.15, -0.1) is 0 Å². The number of nitrogens with zero attached hydrogens (tertiary/aromatic N) is 1. The lowest BCUT2D eigenvalue weighted by molar-refractivity contribution is -0.159. The first kappa shape index (κ1) is 14.8. The van der Waals surface area contributed by atoms with Crippen LogP contribution in [0, 0.1) is 0 Å². The molecule has 0 aliphatic carbocycles. The summed E-state index contributed by atoms with van der Waals surface area (Å²) in [4.78, 5) is 25.6. The molecule has 0 atom stereocenters.